The smallest absolute Gasteiger partial charge is 0.270 e. The first-order valence-corrected chi connectivity index (χ1v) is 5.44. The number of nitrogens with zero attached hydrogens (tertiary/aromatic N) is 4. The van der Waals surface area contributed by atoms with Crippen molar-refractivity contribution in [3.8, 4) is 12.1 Å². The van der Waals surface area contributed by atoms with Gasteiger partial charge in [0.15, 0.2) is 0 Å². The van der Waals surface area contributed by atoms with Gasteiger partial charge in [0, 0.05) is 25.2 Å². The number of benzene rings is 1. The quantitative estimate of drug-likeness (QED) is 0.584. The molecule has 0 heterocycles. The molecule has 0 saturated heterocycles. The summed E-state index contributed by atoms with van der Waals surface area (Å²) in [6.07, 6.45) is 0.343. The molecule has 1 aromatic carbocycles. The van der Waals surface area contributed by atoms with Gasteiger partial charge in [-0.2, -0.15) is 10.5 Å². The van der Waals surface area contributed by atoms with Crippen molar-refractivity contribution in [2.45, 2.75) is 13.3 Å². The van der Waals surface area contributed by atoms with E-state index in [2.05, 4.69) is 0 Å². The first-order chi connectivity index (χ1) is 8.63. The molecular formula is C12H12N4O2. The van der Waals surface area contributed by atoms with Gasteiger partial charge in [-0.3, -0.25) is 10.1 Å². The molecule has 0 bridgehead atoms. The highest BCUT2D eigenvalue weighted by Gasteiger charge is 2.14. The van der Waals surface area contributed by atoms with E-state index < -0.39 is 4.92 Å². The van der Waals surface area contributed by atoms with Crippen molar-refractivity contribution in [2.75, 3.05) is 18.0 Å². The Kier molecular flexibility index (Phi) is 4.65. The average Bonchev–Trinajstić information content (AvgIpc) is 2.39. The van der Waals surface area contributed by atoms with Crippen LogP contribution in [0.2, 0.25) is 0 Å². The van der Waals surface area contributed by atoms with E-state index in [1.807, 2.05) is 24.0 Å². The highest BCUT2D eigenvalue weighted by Crippen LogP contribution is 2.24. The number of nitriles is 2. The Bertz CT molecular complexity index is 528. The van der Waals surface area contributed by atoms with Crippen LogP contribution in [0.4, 0.5) is 11.4 Å². The molecule has 92 valence electrons. The Labute approximate surface area is 105 Å². The SMILES string of the molecule is CCN(CCC#N)c1ccc([N+](=O)[O-])cc1C#N. The summed E-state index contributed by atoms with van der Waals surface area (Å²) in [7, 11) is 0. The maximum Gasteiger partial charge on any atom is 0.270 e. The van der Waals surface area contributed by atoms with E-state index in [0.717, 1.165) is 0 Å². The fourth-order valence-corrected chi connectivity index (χ4v) is 1.64. The lowest BCUT2D eigenvalue weighted by atomic mass is 10.1. The second-order valence-electron chi connectivity index (χ2n) is 3.56. The van der Waals surface area contributed by atoms with E-state index in [1.54, 1.807) is 6.07 Å². The standard InChI is InChI=1S/C12H12N4O2/c1-2-15(7-3-6-13)12-5-4-11(16(17)18)8-10(12)9-14/h4-5,8H,2-3,7H2,1H3. The molecule has 0 amide bonds. The lowest BCUT2D eigenvalue weighted by Gasteiger charge is -2.22. The predicted octanol–water partition coefficient (Wildman–Crippen LogP) is 2.21. The highest BCUT2D eigenvalue weighted by molar-refractivity contribution is 5.62. The van der Waals surface area contributed by atoms with Gasteiger partial charge < -0.3 is 4.90 Å². The number of nitro benzene ring substituents is 1. The van der Waals surface area contributed by atoms with Crippen molar-refractivity contribution in [3.05, 3.63) is 33.9 Å². The van der Waals surface area contributed by atoms with E-state index in [9.17, 15) is 10.1 Å². The molecule has 1 aromatic rings. The van der Waals surface area contributed by atoms with Crippen molar-refractivity contribution in [1.29, 1.82) is 10.5 Å². The summed E-state index contributed by atoms with van der Waals surface area (Å²) in [6, 6.07) is 8.16. The normalized spacial score (nSPS) is 9.28. The third kappa shape index (κ3) is 2.96. The van der Waals surface area contributed by atoms with Gasteiger partial charge in [-0.15, -0.1) is 0 Å². The van der Waals surface area contributed by atoms with Crippen LogP contribution in [-0.2, 0) is 0 Å². The molecule has 0 aliphatic rings. The minimum Gasteiger partial charge on any atom is -0.370 e. The molecule has 0 atom stereocenters. The van der Waals surface area contributed by atoms with Crippen molar-refractivity contribution in [2.24, 2.45) is 0 Å². The van der Waals surface area contributed by atoms with Gasteiger partial charge in [0.1, 0.15) is 6.07 Å². The Hall–Kier alpha value is -2.60. The molecule has 18 heavy (non-hydrogen) atoms. The van der Waals surface area contributed by atoms with Gasteiger partial charge in [0.05, 0.1) is 28.7 Å². The van der Waals surface area contributed by atoms with Crippen LogP contribution < -0.4 is 4.90 Å². The summed E-state index contributed by atoms with van der Waals surface area (Å²) in [5.74, 6) is 0. The zero-order chi connectivity index (χ0) is 13.5. The molecule has 0 aliphatic carbocycles. The van der Waals surface area contributed by atoms with Crippen molar-refractivity contribution < 1.29 is 4.92 Å². The van der Waals surface area contributed by atoms with E-state index in [1.165, 1.54) is 12.1 Å². The second-order valence-corrected chi connectivity index (χ2v) is 3.56. The molecule has 0 radical (unpaired) electrons. The minimum absolute atomic E-state index is 0.105. The van der Waals surface area contributed by atoms with E-state index >= 15 is 0 Å². The topological polar surface area (TPSA) is 94.0 Å². The molecule has 0 saturated carbocycles. The number of hydrogen-bond acceptors (Lipinski definition) is 5. The molecule has 0 spiro atoms. The molecule has 1 rings (SSSR count). The number of anilines is 1. The monoisotopic (exact) mass is 244 g/mol. The summed E-state index contributed by atoms with van der Waals surface area (Å²) >= 11 is 0. The minimum atomic E-state index is -0.532. The molecule has 0 fully saturated rings. The van der Waals surface area contributed by atoms with E-state index in [0.29, 0.717) is 25.2 Å². The molecule has 0 aliphatic heterocycles. The maximum absolute atomic E-state index is 10.6. The van der Waals surface area contributed by atoms with Gasteiger partial charge >= 0.3 is 0 Å². The zero-order valence-corrected chi connectivity index (χ0v) is 9.96. The number of non-ortho nitro benzene ring substituents is 1. The molecule has 0 aromatic heterocycles. The fourth-order valence-electron chi connectivity index (χ4n) is 1.64. The number of nitro groups is 1. The lowest BCUT2D eigenvalue weighted by molar-refractivity contribution is -0.384. The molecule has 6 heteroatoms. The maximum atomic E-state index is 10.6. The average molecular weight is 244 g/mol. The van der Waals surface area contributed by atoms with Crippen LogP contribution in [0.1, 0.15) is 18.9 Å². The fraction of sp³-hybridized carbons (Fsp3) is 0.333. The van der Waals surface area contributed by atoms with Crippen LogP contribution in [0.25, 0.3) is 0 Å². The van der Waals surface area contributed by atoms with Crippen molar-refractivity contribution in [1.82, 2.24) is 0 Å². The van der Waals surface area contributed by atoms with Crippen LogP contribution in [-0.4, -0.2) is 18.0 Å². The third-order valence-electron chi connectivity index (χ3n) is 2.53. The van der Waals surface area contributed by atoms with E-state index in [-0.39, 0.29) is 11.3 Å². The number of hydrogen-bond donors (Lipinski definition) is 0. The van der Waals surface area contributed by atoms with Crippen LogP contribution >= 0.6 is 0 Å². The first-order valence-electron chi connectivity index (χ1n) is 5.44. The predicted molar refractivity (Wildman–Crippen MR) is 65.9 cm³/mol. The summed E-state index contributed by atoms with van der Waals surface area (Å²) in [5, 5.41) is 28.2. The largest absolute Gasteiger partial charge is 0.370 e. The van der Waals surface area contributed by atoms with Gasteiger partial charge in [-0.1, -0.05) is 0 Å². The molecule has 0 N–H and O–H groups in total. The lowest BCUT2D eigenvalue weighted by Crippen LogP contribution is -2.24. The van der Waals surface area contributed by atoms with E-state index in [4.69, 9.17) is 10.5 Å². The Morgan fingerprint density at radius 2 is 2.17 bits per heavy atom. The number of rotatable bonds is 5. The molecule has 6 nitrogen and oxygen atoms in total. The Morgan fingerprint density at radius 1 is 1.44 bits per heavy atom. The first kappa shape index (κ1) is 13.5. The second kappa shape index (κ2) is 6.21. The third-order valence-corrected chi connectivity index (χ3v) is 2.53. The molecule has 0 unspecified atom stereocenters. The summed E-state index contributed by atoms with van der Waals surface area (Å²) in [4.78, 5) is 12.0. The summed E-state index contributed by atoms with van der Waals surface area (Å²) in [6.45, 7) is 3.04. The van der Waals surface area contributed by atoms with Crippen LogP contribution in [0, 0.1) is 32.8 Å². The van der Waals surface area contributed by atoms with Crippen LogP contribution in [0.15, 0.2) is 18.2 Å². The Morgan fingerprint density at radius 3 is 2.67 bits per heavy atom. The summed E-state index contributed by atoms with van der Waals surface area (Å²) < 4.78 is 0. The van der Waals surface area contributed by atoms with Crippen molar-refractivity contribution >= 4 is 11.4 Å². The van der Waals surface area contributed by atoms with Crippen LogP contribution in [0.3, 0.4) is 0 Å². The Balaban J connectivity index is 3.12. The zero-order valence-electron chi connectivity index (χ0n) is 9.96. The van der Waals surface area contributed by atoms with Gasteiger partial charge in [0.2, 0.25) is 0 Å². The van der Waals surface area contributed by atoms with Gasteiger partial charge in [-0.25, -0.2) is 0 Å². The van der Waals surface area contributed by atoms with Gasteiger partial charge in [-0.05, 0) is 13.0 Å². The van der Waals surface area contributed by atoms with Crippen molar-refractivity contribution in [3.63, 3.8) is 0 Å². The highest BCUT2D eigenvalue weighted by atomic mass is 16.6. The van der Waals surface area contributed by atoms with Crippen LogP contribution in [0.5, 0.6) is 0 Å². The summed E-state index contributed by atoms with van der Waals surface area (Å²) in [5.41, 5.74) is 0.775. The van der Waals surface area contributed by atoms with Gasteiger partial charge in [0.25, 0.3) is 5.69 Å². The molecular weight excluding hydrogens is 232 g/mol.